The Hall–Kier alpha value is -4.40. The van der Waals surface area contributed by atoms with Gasteiger partial charge in [-0.3, -0.25) is 9.54 Å². The van der Waals surface area contributed by atoms with Gasteiger partial charge in [0, 0.05) is 23.4 Å². The Morgan fingerprint density at radius 2 is 1.44 bits per heavy atom. The smallest absolute Gasteiger partial charge is 0.295 e. The predicted octanol–water partition coefficient (Wildman–Crippen LogP) is 7.27. The van der Waals surface area contributed by atoms with Crippen LogP contribution in [0.2, 0.25) is 0 Å². The van der Waals surface area contributed by atoms with Crippen LogP contribution in [0.15, 0.2) is 118 Å². The maximum absolute atomic E-state index is 12.0. The number of pyridine rings is 1. The highest BCUT2D eigenvalue weighted by Gasteiger charge is 2.19. The number of hydrogen-bond acceptors (Lipinski definition) is 6. The molecule has 0 aliphatic rings. The second kappa shape index (κ2) is 9.69. The zero-order valence-corrected chi connectivity index (χ0v) is 20.1. The molecular weight excluding hydrogens is 472 g/mol. The van der Waals surface area contributed by atoms with Gasteiger partial charge in [-0.05, 0) is 29.3 Å². The Morgan fingerprint density at radius 1 is 0.778 bits per heavy atom. The molecule has 1 heterocycles. The van der Waals surface area contributed by atoms with Crippen LogP contribution in [0.3, 0.4) is 0 Å². The molecule has 5 aromatic rings. The van der Waals surface area contributed by atoms with Crippen molar-refractivity contribution in [3.05, 3.63) is 103 Å². The molecule has 36 heavy (non-hydrogen) atoms. The summed E-state index contributed by atoms with van der Waals surface area (Å²) in [4.78, 5) is 4.37. The third-order valence-electron chi connectivity index (χ3n) is 5.82. The number of hydrogen-bond donors (Lipinski definition) is 2. The summed E-state index contributed by atoms with van der Waals surface area (Å²) in [5.41, 5.74) is 5.35. The summed E-state index contributed by atoms with van der Waals surface area (Å²) in [6, 6.07) is 30.0. The van der Waals surface area contributed by atoms with E-state index in [1.165, 1.54) is 6.07 Å². The molecule has 1 aromatic heterocycles. The van der Waals surface area contributed by atoms with Gasteiger partial charge in [0.1, 0.15) is 16.3 Å². The third kappa shape index (κ3) is 4.59. The molecule has 7 nitrogen and oxygen atoms in total. The SMILES string of the molecule is CNc1c(/N=N/c2ccc(-c3ccccc3-c3ccccc3)nc2)cc(S(=O)(=O)O)c2ccccc12. The number of fused-ring (bicyclic) bond motifs is 1. The Bertz CT molecular complexity index is 1680. The molecule has 0 aliphatic carbocycles. The van der Waals surface area contributed by atoms with Crippen LogP contribution in [-0.4, -0.2) is 25.0 Å². The molecule has 2 N–H and O–H groups in total. The average Bonchev–Trinajstić information content (AvgIpc) is 2.91. The van der Waals surface area contributed by atoms with Crippen LogP contribution in [0.5, 0.6) is 0 Å². The lowest BCUT2D eigenvalue weighted by atomic mass is 9.97. The molecule has 0 saturated carbocycles. The van der Waals surface area contributed by atoms with E-state index < -0.39 is 10.1 Å². The van der Waals surface area contributed by atoms with Crippen LogP contribution in [0, 0.1) is 0 Å². The summed E-state index contributed by atoms with van der Waals surface area (Å²) in [5.74, 6) is 0. The van der Waals surface area contributed by atoms with Crippen LogP contribution < -0.4 is 5.32 Å². The normalized spacial score (nSPS) is 11.7. The van der Waals surface area contributed by atoms with Gasteiger partial charge in [-0.1, -0.05) is 78.9 Å². The van der Waals surface area contributed by atoms with Crippen LogP contribution in [0.1, 0.15) is 0 Å². The van der Waals surface area contributed by atoms with Crippen molar-refractivity contribution in [2.45, 2.75) is 4.90 Å². The van der Waals surface area contributed by atoms with Crippen LogP contribution >= 0.6 is 0 Å². The second-order valence-corrected chi connectivity index (χ2v) is 9.44. The van der Waals surface area contributed by atoms with Gasteiger partial charge in [-0.25, -0.2) is 0 Å². The summed E-state index contributed by atoms with van der Waals surface area (Å²) in [7, 11) is -2.75. The lowest BCUT2D eigenvalue weighted by molar-refractivity contribution is 0.484. The summed E-state index contributed by atoms with van der Waals surface area (Å²) < 4.78 is 33.8. The Morgan fingerprint density at radius 3 is 2.11 bits per heavy atom. The van der Waals surface area contributed by atoms with Gasteiger partial charge in [-0.2, -0.15) is 8.42 Å². The minimum atomic E-state index is -4.46. The molecule has 0 fully saturated rings. The minimum Gasteiger partial charge on any atom is -0.386 e. The number of nitrogens with zero attached hydrogens (tertiary/aromatic N) is 3. The maximum Gasteiger partial charge on any atom is 0.295 e. The van der Waals surface area contributed by atoms with Gasteiger partial charge in [0.05, 0.1) is 17.6 Å². The van der Waals surface area contributed by atoms with Crippen molar-refractivity contribution in [2.75, 3.05) is 12.4 Å². The fraction of sp³-hybridized carbons (Fsp3) is 0.0357. The van der Waals surface area contributed by atoms with E-state index in [0.29, 0.717) is 22.1 Å². The molecule has 0 amide bonds. The largest absolute Gasteiger partial charge is 0.386 e. The van der Waals surface area contributed by atoms with Gasteiger partial charge in [0.25, 0.3) is 10.1 Å². The molecule has 0 unspecified atom stereocenters. The number of nitrogens with one attached hydrogen (secondary N) is 1. The van der Waals surface area contributed by atoms with Crippen molar-refractivity contribution in [1.29, 1.82) is 0 Å². The first-order chi connectivity index (χ1) is 17.5. The fourth-order valence-electron chi connectivity index (χ4n) is 4.18. The van der Waals surface area contributed by atoms with Gasteiger partial charge in [0.15, 0.2) is 0 Å². The van der Waals surface area contributed by atoms with E-state index in [9.17, 15) is 13.0 Å². The Labute approximate surface area is 208 Å². The number of azo groups is 1. The van der Waals surface area contributed by atoms with E-state index in [0.717, 1.165) is 22.4 Å². The van der Waals surface area contributed by atoms with E-state index in [4.69, 9.17) is 0 Å². The van der Waals surface area contributed by atoms with Crippen molar-refractivity contribution in [2.24, 2.45) is 10.2 Å². The van der Waals surface area contributed by atoms with E-state index >= 15 is 0 Å². The van der Waals surface area contributed by atoms with Crippen molar-refractivity contribution in [3.63, 3.8) is 0 Å². The fourth-order valence-corrected chi connectivity index (χ4v) is 4.89. The lowest BCUT2D eigenvalue weighted by Crippen LogP contribution is -2.01. The summed E-state index contributed by atoms with van der Waals surface area (Å²) >= 11 is 0. The molecule has 0 spiro atoms. The first-order valence-corrected chi connectivity index (χ1v) is 12.6. The molecule has 5 rings (SSSR count). The molecular formula is C28H22N4O3S. The molecule has 8 heteroatoms. The lowest BCUT2D eigenvalue weighted by Gasteiger charge is -2.12. The second-order valence-electron chi connectivity index (χ2n) is 8.05. The number of anilines is 1. The first kappa shape index (κ1) is 23.3. The summed E-state index contributed by atoms with van der Waals surface area (Å²) in [6.07, 6.45) is 1.62. The molecule has 4 aromatic carbocycles. The highest BCUT2D eigenvalue weighted by atomic mass is 32.2. The predicted molar refractivity (Wildman–Crippen MR) is 143 cm³/mol. The average molecular weight is 495 g/mol. The molecule has 0 radical (unpaired) electrons. The topological polar surface area (TPSA) is 104 Å². The van der Waals surface area contributed by atoms with E-state index in [1.807, 2.05) is 42.5 Å². The van der Waals surface area contributed by atoms with Gasteiger partial charge < -0.3 is 5.32 Å². The quantitative estimate of drug-likeness (QED) is 0.191. The van der Waals surface area contributed by atoms with Crippen molar-refractivity contribution >= 4 is 38.0 Å². The number of aromatic nitrogens is 1. The van der Waals surface area contributed by atoms with Gasteiger partial charge in [-0.15, -0.1) is 10.2 Å². The van der Waals surface area contributed by atoms with E-state index in [2.05, 4.69) is 38.7 Å². The Balaban J connectivity index is 1.52. The zero-order chi connectivity index (χ0) is 25.1. The highest BCUT2D eigenvalue weighted by Crippen LogP contribution is 2.38. The molecule has 0 saturated heterocycles. The molecule has 0 bridgehead atoms. The van der Waals surface area contributed by atoms with Crippen LogP contribution in [0.4, 0.5) is 17.1 Å². The zero-order valence-electron chi connectivity index (χ0n) is 19.3. The summed E-state index contributed by atoms with van der Waals surface area (Å²) in [5, 5.41) is 12.6. The first-order valence-electron chi connectivity index (χ1n) is 11.2. The standard InChI is InChI=1S/C28H22N4O3S/c1-29-28-24-14-8-7-13-23(24)27(36(33,34)35)17-26(28)32-31-20-15-16-25(30-18-20)22-12-6-5-11-21(22)19-9-3-2-4-10-19/h2-18,29H,1H3,(H,33,34,35)/b32-31+. The van der Waals surface area contributed by atoms with E-state index in [-0.39, 0.29) is 10.6 Å². The van der Waals surface area contributed by atoms with Crippen molar-refractivity contribution < 1.29 is 13.0 Å². The summed E-state index contributed by atoms with van der Waals surface area (Å²) in [6.45, 7) is 0. The van der Waals surface area contributed by atoms with Gasteiger partial charge >= 0.3 is 0 Å². The number of benzene rings is 4. The van der Waals surface area contributed by atoms with Crippen molar-refractivity contribution in [3.8, 4) is 22.4 Å². The third-order valence-corrected chi connectivity index (χ3v) is 6.72. The molecule has 0 aliphatic heterocycles. The Kier molecular flexibility index (Phi) is 6.28. The van der Waals surface area contributed by atoms with Crippen molar-refractivity contribution in [1.82, 2.24) is 4.98 Å². The van der Waals surface area contributed by atoms with E-state index in [1.54, 1.807) is 43.6 Å². The highest BCUT2D eigenvalue weighted by molar-refractivity contribution is 7.86. The van der Waals surface area contributed by atoms with Crippen LogP contribution in [-0.2, 0) is 10.1 Å². The molecule has 0 atom stereocenters. The molecule has 178 valence electrons. The maximum atomic E-state index is 12.0. The number of rotatable bonds is 6. The van der Waals surface area contributed by atoms with Gasteiger partial charge in [0.2, 0.25) is 0 Å². The minimum absolute atomic E-state index is 0.225. The monoisotopic (exact) mass is 494 g/mol. The van der Waals surface area contributed by atoms with Crippen LogP contribution in [0.25, 0.3) is 33.2 Å².